The topological polar surface area (TPSA) is 55.8 Å². The van der Waals surface area contributed by atoms with E-state index in [1.165, 1.54) is 74.0 Å². The van der Waals surface area contributed by atoms with Crippen LogP contribution in [0.25, 0.3) is 0 Å². The van der Waals surface area contributed by atoms with Gasteiger partial charge in [0.2, 0.25) is 0 Å². The van der Waals surface area contributed by atoms with E-state index in [-0.39, 0.29) is 0 Å². The second-order valence-corrected chi connectivity index (χ2v) is 10.8. The van der Waals surface area contributed by atoms with Gasteiger partial charge in [-0.2, -0.15) is 0 Å². The van der Waals surface area contributed by atoms with Crippen LogP contribution in [0.15, 0.2) is 87.7 Å². The molecule has 0 spiro atoms. The van der Waals surface area contributed by atoms with Crippen molar-refractivity contribution < 1.29 is 10.0 Å². The van der Waals surface area contributed by atoms with E-state index in [4.69, 9.17) is 5.21 Å². The van der Waals surface area contributed by atoms with Crippen LogP contribution in [0.5, 0.6) is 0 Å². The Morgan fingerprint density at radius 1 is 1.08 bits per heavy atom. The zero-order valence-corrected chi connectivity index (χ0v) is 23.1. The summed E-state index contributed by atoms with van der Waals surface area (Å²) in [5.74, 6) is 0. The lowest BCUT2D eigenvalue weighted by atomic mass is 10.1. The van der Waals surface area contributed by atoms with Gasteiger partial charge in [-0.15, -0.1) is 0 Å². The van der Waals surface area contributed by atoms with Crippen molar-refractivity contribution in [1.82, 2.24) is 15.3 Å². The molecule has 3 aliphatic rings. The van der Waals surface area contributed by atoms with E-state index in [1.54, 1.807) is 17.2 Å². The summed E-state index contributed by atoms with van der Waals surface area (Å²) in [7, 11) is 1.43. The first-order chi connectivity index (χ1) is 18.2. The summed E-state index contributed by atoms with van der Waals surface area (Å²) in [5, 5.41) is 7.32. The third-order valence-corrected chi connectivity index (χ3v) is 7.90. The number of likely N-dealkylation sites (tertiary alicyclic amines) is 1. The number of thioether (sulfide) groups is 1. The van der Waals surface area contributed by atoms with Crippen LogP contribution < -0.4 is 5.48 Å². The van der Waals surface area contributed by atoms with Gasteiger partial charge in [0, 0.05) is 23.4 Å². The summed E-state index contributed by atoms with van der Waals surface area (Å²) in [4.78, 5) is 18.5. The van der Waals surface area contributed by atoms with Gasteiger partial charge < -0.3 is 10.1 Å². The highest BCUT2D eigenvalue weighted by Gasteiger charge is 2.14. The molecule has 1 aromatic rings. The largest absolute Gasteiger partial charge is 0.317 e. The smallest absolute Gasteiger partial charge is 0.156 e. The molecule has 0 atom stereocenters. The van der Waals surface area contributed by atoms with Crippen LogP contribution in [0, 0.1) is 0 Å². The van der Waals surface area contributed by atoms with Crippen LogP contribution in [0.4, 0.5) is 0 Å². The number of nitrogens with zero attached hydrogens (tertiary/aromatic N) is 2. The lowest BCUT2D eigenvalue weighted by Gasteiger charge is -2.25. The summed E-state index contributed by atoms with van der Waals surface area (Å²) >= 11 is 1.58. The van der Waals surface area contributed by atoms with E-state index in [0.717, 1.165) is 50.1 Å². The second-order valence-electron chi connectivity index (χ2n) is 9.68. The SMILES string of the molecule is CNO.O=CC1=CCC=C(C2=CC=C(CN(CCCc3ccccc3)CCCN3CCCC3)CC=C2)S1. The van der Waals surface area contributed by atoms with Gasteiger partial charge in [0.25, 0.3) is 0 Å². The van der Waals surface area contributed by atoms with Crippen molar-refractivity contribution in [3.8, 4) is 0 Å². The van der Waals surface area contributed by atoms with Gasteiger partial charge in [-0.3, -0.25) is 9.69 Å². The standard InChI is InChI=1S/C30H38N2OS.CH5NO/c33-25-29-15-7-16-30(34-29)28-14-6-12-27(17-18-28)24-32(23-9-22-31-19-4-5-20-31)21-8-13-26-10-2-1-3-11-26;1-2-3/h1-3,6,10-11,14-18,25H,4-5,7-9,12-13,19-24H2;2-3H,1H3. The Morgan fingerprint density at radius 3 is 2.59 bits per heavy atom. The molecule has 1 saturated heterocycles. The van der Waals surface area contributed by atoms with Gasteiger partial charge in [0.15, 0.2) is 6.29 Å². The molecule has 1 aromatic carbocycles. The molecule has 0 amide bonds. The quantitative estimate of drug-likeness (QED) is 0.263. The first-order valence-corrected chi connectivity index (χ1v) is 14.4. The van der Waals surface area contributed by atoms with E-state index in [2.05, 4.69) is 70.5 Å². The van der Waals surface area contributed by atoms with Crippen LogP contribution in [0.2, 0.25) is 0 Å². The number of benzene rings is 1. The molecule has 37 heavy (non-hydrogen) atoms. The zero-order valence-electron chi connectivity index (χ0n) is 22.3. The fourth-order valence-corrected chi connectivity index (χ4v) is 5.84. The summed E-state index contributed by atoms with van der Waals surface area (Å²) in [5.41, 5.74) is 5.88. The van der Waals surface area contributed by atoms with Crippen molar-refractivity contribution in [2.45, 2.75) is 44.9 Å². The van der Waals surface area contributed by atoms with E-state index in [0.29, 0.717) is 0 Å². The highest BCUT2D eigenvalue weighted by atomic mass is 32.2. The highest BCUT2D eigenvalue weighted by molar-refractivity contribution is 8.07. The van der Waals surface area contributed by atoms with Crippen molar-refractivity contribution in [1.29, 1.82) is 0 Å². The fraction of sp³-hybridized carbons (Fsp3) is 0.452. The molecule has 1 aliphatic carbocycles. The van der Waals surface area contributed by atoms with Crippen LogP contribution in [0.3, 0.4) is 0 Å². The van der Waals surface area contributed by atoms with E-state index < -0.39 is 0 Å². The fourth-order valence-electron chi connectivity index (χ4n) is 4.92. The number of nitrogens with one attached hydrogen (secondary N) is 1. The molecule has 6 heteroatoms. The Labute approximate surface area is 227 Å². The lowest BCUT2D eigenvalue weighted by Crippen LogP contribution is -2.31. The van der Waals surface area contributed by atoms with Crippen molar-refractivity contribution >= 4 is 18.0 Å². The zero-order chi connectivity index (χ0) is 26.1. The molecule has 200 valence electrons. The van der Waals surface area contributed by atoms with Crippen molar-refractivity contribution in [2.75, 3.05) is 46.3 Å². The number of carbonyl (C=O) groups excluding carboxylic acids is 1. The van der Waals surface area contributed by atoms with Crippen molar-refractivity contribution in [3.05, 3.63) is 93.3 Å². The van der Waals surface area contributed by atoms with Crippen LogP contribution in [-0.4, -0.2) is 67.6 Å². The van der Waals surface area contributed by atoms with Crippen molar-refractivity contribution in [3.63, 3.8) is 0 Å². The number of hydrogen-bond acceptors (Lipinski definition) is 6. The summed E-state index contributed by atoms with van der Waals surface area (Å²) in [6.45, 7) is 7.14. The first-order valence-electron chi connectivity index (χ1n) is 13.6. The maximum Gasteiger partial charge on any atom is 0.156 e. The third kappa shape index (κ3) is 11.0. The highest BCUT2D eigenvalue weighted by Crippen LogP contribution is 2.35. The number of hydroxylamine groups is 1. The average Bonchev–Trinajstić information content (AvgIpc) is 3.34. The molecule has 2 aliphatic heterocycles. The van der Waals surface area contributed by atoms with E-state index >= 15 is 0 Å². The molecule has 4 rings (SSSR count). The van der Waals surface area contributed by atoms with Gasteiger partial charge in [0.05, 0.1) is 0 Å². The first kappa shape index (κ1) is 29.3. The Hall–Kier alpha value is -2.22. The van der Waals surface area contributed by atoms with E-state index in [1.807, 2.05) is 6.08 Å². The summed E-state index contributed by atoms with van der Waals surface area (Å²) in [6, 6.07) is 10.9. The van der Waals surface area contributed by atoms with Gasteiger partial charge in [0.1, 0.15) is 0 Å². The third-order valence-electron chi connectivity index (χ3n) is 6.78. The molecule has 0 bridgehead atoms. The van der Waals surface area contributed by atoms with Gasteiger partial charge >= 0.3 is 0 Å². The van der Waals surface area contributed by atoms with Crippen LogP contribution in [-0.2, 0) is 11.2 Å². The second kappa shape index (κ2) is 17.3. The minimum absolute atomic E-state index is 0.822. The molecular weight excluding hydrogens is 478 g/mol. The number of rotatable bonds is 12. The summed E-state index contributed by atoms with van der Waals surface area (Å²) in [6.07, 6.45) is 22.4. The van der Waals surface area contributed by atoms with Crippen LogP contribution >= 0.6 is 11.8 Å². The van der Waals surface area contributed by atoms with Gasteiger partial charge in [-0.1, -0.05) is 84.1 Å². The molecule has 1 fully saturated rings. The number of aldehydes is 1. The molecule has 2 heterocycles. The Balaban J connectivity index is 0.00000121. The predicted octanol–water partition coefficient (Wildman–Crippen LogP) is 5.92. The molecule has 2 N–H and O–H groups in total. The molecule has 0 saturated carbocycles. The lowest BCUT2D eigenvalue weighted by molar-refractivity contribution is -0.104. The van der Waals surface area contributed by atoms with Crippen LogP contribution in [0.1, 0.15) is 44.1 Å². The molecule has 0 radical (unpaired) electrons. The van der Waals surface area contributed by atoms with Gasteiger partial charge in [-0.25, -0.2) is 5.48 Å². The monoisotopic (exact) mass is 521 g/mol. The Kier molecular flexibility index (Phi) is 13.7. The predicted molar refractivity (Wildman–Crippen MR) is 157 cm³/mol. The maximum atomic E-state index is 11.2. The minimum Gasteiger partial charge on any atom is -0.317 e. The maximum absolute atomic E-state index is 11.2. The van der Waals surface area contributed by atoms with E-state index in [9.17, 15) is 4.79 Å². The number of allylic oxidation sites excluding steroid dienone is 8. The summed E-state index contributed by atoms with van der Waals surface area (Å²) < 4.78 is 0. The number of aryl methyl sites for hydroxylation is 1. The molecule has 5 nitrogen and oxygen atoms in total. The minimum atomic E-state index is 0.822. The molecular formula is C31H43N3O2S. The number of carbonyl (C=O) groups is 1. The van der Waals surface area contributed by atoms with Crippen molar-refractivity contribution in [2.24, 2.45) is 0 Å². The Bertz CT molecular complexity index is 975. The number of hydrogen-bond donors (Lipinski definition) is 2. The average molecular weight is 522 g/mol. The molecule has 0 aromatic heterocycles. The van der Waals surface area contributed by atoms with Gasteiger partial charge in [-0.05, 0) is 88.8 Å². The molecule has 0 unspecified atom stereocenters. The normalized spacial score (nSPS) is 17.8. The Morgan fingerprint density at radius 2 is 1.84 bits per heavy atom.